The molecule has 0 radical (unpaired) electrons. The van der Waals surface area contributed by atoms with Crippen LogP contribution in [0.15, 0.2) is 170 Å². The van der Waals surface area contributed by atoms with E-state index in [1.807, 2.05) is 0 Å². The highest BCUT2D eigenvalue weighted by molar-refractivity contribution is 7.00. The molecule has 0 bridgehead atoms. The molecule has 0 aromatic heterocycles. The molecule has 0 spiro atoms. The Labute approximate surface area is 426 Å². The molecule has 0 N–H and O–H groups in total. The Balaban J connectivity index is 1.31. The first-order chi connectivity index (χ1) is 33.5. The molecule has 0 fully saturated rings. The van der Waals surface area contributed by atoms with Crippen LogP contribution in [-0.2, 0) is 21.7 Å². The highest BCUT2D eigenvalue weighted by Gasteiger charge is 2.46. The Kier molecular flexibility index (Phi) is 10.7. The van der Waals surface area contributed by atoms with Gasteiger partial charge in [0.05, 0.1) is 30.8 Å². The van der Waals surface area contributed by atoms with Gasteiger partial charge in [-0.1, -0.05) is 210 Å². The van der Waals surface area contributed by atoms with Crippen molar-refractivity contribution in [3.63, 3.8) is 0 Å². The summed E-state index contributed by atoms with van der Waals surface area (Å²) in [5.74, 6) is 0. The van der Waals surface area contributed by atoms with Gasteiger partial charge in [0.25, 0.3) is 6.71 Å². The van der Waals surface area contributed by atoms with Crippen molar-refractivity contribution in [1.29, 1.82) is 0 Å². The van der Waals surface area contributed by atoms with Crippen molar-refractivity contribution in [1.82, 2.24) is 0 Å². The molecule has 3 aliphatic rings. The number of hydrogen-bond acceptors (Lipinski definition) is 3. The van der Waals surface area contributed by atoms with E-state index < -0.39 is 8.07 Å². The van der Waals surface area contributed by atoms with Gasteiger partial charge in [-0.05, 0) is 127 Å². The summed E-state index contributed by atoms with van der Waals surface area (Å²) in [5, 5.41) is 1.45. The summed E-state index contributed by atoms with van der Waals surface area (Å²) < 4.78 is 0. The lowest BCUT2D eigenvalue weighted by atomic mass is 9.33. The molecule has 0 atom stereocenters. The van der Waals surface area contributed by atoms with Crippen LogP contribution in [-0.4, -0.2) is 14.8 Å². The fourth-order valence-electron chi connectivity index (χ4n) is 11.7. The highest BCUT2D eigenvalue weighted by Crippen LogP contribution is 2.55. The zero-order valence-electron chi connectivity index (χ0n) is 44.6. The molecule has 0 amide bonds. The summed E-state index contributed by atoms with van der Waals surface area (Å²) in [6.07, 6.45) is 0. The van der Waals surface area contributed by atoms with Crippen LogP contribution in [0, 0.1) is 0 Å². The molecule has 0 unspecified atom stereocenters. The molecule has 0 aliphatic carbocycles. The van der Waals surface area contributed by atoms with Crippen molar-refractivity contribution in [3.8, 4) is 11.1 Å². The lowest BCUT2D eigenvalue weighted by Gasteiger charge is -2.47. The number of fused-ring (bicyclic) bond motifs is 6. The lowest BCUT2D eigenvalue weighted by Crippen LogP contribution is -2.62. The lowest BCUT2D eigenvalue weighted by molar-refractivity contribution is 0.590. The fourth-order valence-corrected chi connectivity index (χ4v) is 12.8. The summed E-state index contributed by atoms with van der Waals surface area (Å²) in [7, 11) is -1.81. The van der Waals surface area contributed by atoms with Gasteiger partial charge in [0.2, 0.25) is 0 Å². The Morgan fingerprint density at radius 2 is 0.901 bits per heavy atom. The smallest absolute Gasteiger partial charge is 0.252 e. The minimum Gasteiger partial charge on any atom is -0.311 e. The molecule has 8 aromatic carbocycles. The molecular weight excluding hydrogens is 874 g/mol. The van der Waals surface area contributed by atoms with E-state index >= 15 is 0 Å². The summed E-state index contributed by atoms with van der Waals surface area (Å²) in [4.78, 5) is 7.84. The quantitative estimate of drug-likeness (QED) is 0.159. The first-order valence-corrected chi connectivity index (χ1v) is 29.4. The third kappa shape index (κ3) is 7.69. The molecule has 0 saturated carbocycles. The number of para-hydroxylation sites is 2. The first-order valence-electron chi connectivity index (χ1n) is 25.9. The van der Waals surface area contributed by atoms with E-state index in [1.165, 1.54) is 100 Å². The van der Waals surface area contributed by atoms with Crippen LogP contribution in [0.25, 0.3) is 11.1 Å². The second-order valence-electron chi connectivity index (χ2n) is 25.2. The Bertz CT molecular complexity index is 3350. The maximum absolute atomic E-state index is 2.68. The molecule has 11 rings (SSSR count). The average Bonchev–Trinajstić information content (AvgIpc) is 3.33. The van der Waals surface area contributed by atoms with Crippen LogP contribution in [0.5, 0.6) is 0 Å². The van der Waals surface area contributed by atoms with Gasteiger partial charge in [0.1, 0.15) is 0 Å². The van der Waals surface area contributed by atoms with E-state index in [9.17, 15) is 0 Å². The van der Waals surface area contributed by atoms with Crippen molar-refractivity contribution in [2.24, 2.45) is 0 Å². The monoisotopic (exact) mass is 944 g/mol. The summed E-state index contributed by atoms with van der Waals surface area (Å²) in [6.45, 7) is 33.2. The van der Waals surface area contributed by atoms with Gasteiger partial charge in [-0.25, -0.2) is 0 Å². The van der Waals surface area contributed by atoms with Crippen LogP contribution in [0.3, 0.4) is 0 Å². The molecule has 8 aromatic rings. The molecule has 3 nitrogen and oxygen atoms in total. The maximum Gasteiger partial charge on any atom is 0.252 e. The highest BCUT2D eigenvalue weighted by atomic mass is 28.3. The van der Waals surface area contributed by atoms with Gasteiger partial charge in [-0.15, -0.1) is 0 Å². The minimum atomic E-state index is -1.81. The Morgan fingerprint density at radius 1 is 0.394 bits per heavy atom. The van der Waals surface area contributed by atoms with Gasteiger partial charge in [-0.3, -0.25) is 0 Å². The second kappa shape index (κ2) is 16.2. The molecule has 356 valence electrons. The maximum atomic E-state index is 2.68. The van der Waals surface area contributed by atoms with Crippen molar-refractivity contribution >= 4 is 87.5 Å². The Morgan fingerprint density at radius 3 is 1.48 bits per heavy atom. The van der Waals surface area contributed by atoms with E-state index in [4.69, 9.17) is 0 Å². The first kappa shape index (κ1) is 46.8. The van der Waals surface area contributed by atoms with Gasteiger partial charge < -0.3 is 14.7 Å². The fraction of sp³-hybridized carbons (Fsp3) is 0.273. The third-order valence-corrected chi connectivity index (χ3v) is 17.9. The van der Waals surface area contributed by atoms with E-state index in [0.29, 0.717) is 0 Å². The van der Waals surface area contributed by atoms with E-state index in [0.717, 1.165) is 11.4 Å². The zero-order chi connectivity index (χ0) is 50.2. The van der Waals surface area contributed by atoms with Crippen molar-refractivity contribution in [3.05, 3.63) is 198 Å². The van der Waals surface area contributed by atoms with Crippen molar-refractivity contribution in [2.75, 3.05) is 14.7 Å². The molecule has 0 saturated heterocycles. The minimum absolute atomic E-state index is 0.0188. The normalized spacial score (nSPS) is 14.9. The average molecular weight is 944 g/mol. The zero-order valence-corrected chi connectivity index (χ0v) is 45.6. The van der Waals surface area contributed by atoms with Crippen LogP contribution >= 0.6 is 0 Å². The number of hydrogen-bond donors (Lipinski definition) is 0. The standard InChI is InChI=1S/C66H70BN3Si/c1-63(2,3)44-28-32-47(33-29-44)68-58-37-31-46(65(7,8)9)39-54(58)67-53-35-34-49(71(12,13)14)42-59(53)70(55-36-30-45(64(4,5)6)38-50(55)43-22-16-15-17-23-43)61-41-48(40-60(68)62(61)67)69-56-26-20-18-24-51(56)66(10,11)52-25-19-21-27-57(52)69/h15-42H,1-14H3. The number of anilines is 9. The number of rotatable bonds is 5. The summed E-state index contributed by atoms with van der Waals surface area (Å²) in [5.41, 5.74) is 23.7. The largest absolute Gasteiger partial charge is 0.311 e. The van der Waals surface area contributed by atoms with Gasteiger partial charge in [-0.2, -0.15) is 0 Å². The van der Waals surface area contributed by atoms with E-state index in [2.05, 4.69) is 280 Å². The predicted octanol–water partition coefficient (Wildman–Crippen LogP) is 16.0. The van der Waals surface area contributed by atoms with E-state index in [-0.39, 0.29) is 28.4 Å². The SMILES string of the molecule is CC(C)(C)c1ccc(N2c3ccc(C(C)(C)C)cc3B3c4ccc([Si](C)(C)C)cc4N(c4ccc(C(C)(C)C)cc4-c4ccccc4)c4cc(N5c6ccccc6C(C)(C)c6ccccc65)cc2c43)cc1. The number of benzene rings is 8. The molecule has 5 heteroatoms. The Hall–Kier alpha value is -6.56. The molecule has 3 heterocycles. The molecule has 3 aliphatic heterocycles. The van der Waals surface area contributed by atoms with Crippen LogP contribution in [0.4, 0.5) is 51.2 Å². The topological polar surface area (TPSA) is 9.72 Å². The van der Waals surface area contributed by atoms with E-state index in [1.54, 1.807) is 0 Å². The molecule has 71 heavy (non-hydrogen) atoms. The summed E-state index contributed by atoms with van der Waals surface area (Å²) >= 11 is 0. The van der Waals surface area contributed by atoms with Gasteiger partial charge in [0.15, 0.2) is 0 Å². The van der Waals surface area contributed by atoms with Crippen molar-refractivity contribution < 1.29 is 0 Å². The van der Waals surface area contributed by atoms with Crippen LogP contribution in [0.1, 0.15) is 104 Å². The second-order valence-corrected chi connectivity index (χ2v) is 30.3. The van der Waals surface area contributed by atoms with Crippen molar-refractivity contribution in [2.45, 2.75) is 117 Å². The third-order valence-electron chi connectivity index (χ3n) is 15.9. The van der Waals surface area contributed by atoms with Crippen LogP contribution < -0.4 is 36.3 Å². The predicted molar refractivity (Wildman–Crippen MR) is 312 cm³/mol. The van der Waals surface area contributed by atoms with Crippen LogP contribution in [0.2, 0.25) is 19.6 Å². The number of nitrogens with zero attached hydrogens (tertiary/aromatic N) is 3. The van der Waals surface area contributed by atoms with Gasteiger partial charge >= 0.3 is 0 Å². The summed E-state index contributed by atoms with van der Waals surface area (Å²) in [6, 6.07) is 66.0. The van der Waals surface area contributed by atoms with Gasteiger partial charge in [0, 0.05) is 39.4 Å². The molecular formula is C66H70BN3Si.